The molecule has 35 heavy (non-hydrogen) atoms. The second-order valence-electron chi connectivity index (χ2n) is 8.41. The smallest absolute Gasteiger partial charge is 0.340 e. The van der Waals surface area contributed by atoms with Crippen molar-refractivity contribution in [2.45, 2.75) is 25.7 Å². The number of hydrogen-bond donors (Lipinski definition) is 0. The number of esters is 1. The number of sulfonamides is 1. The standard InChI is InChI=1S/C27H26N2O5S/c1-18-9-13-22(14-10-18)35(32,33)29(21-12-11-19(2)20(3)15-21)17-26(30)28-16-24(27(31)34-4)23-7-5-6-8-25(23)28/h5-16H,17H2,1-4H3. The van der Waals surface area contributed by atoms with Gasteiger partial charge in [0.15, 0.2) is 0 Å². The van der Waals surface area contributed by atoms with Gasteiger partial charge < -0.3 is 4.74 Å². The molecule has 1 aromatic heterocycles. The Balaban J connectivity index is 1.82. The number of para-hydroxylation sites is 1. The highest BCUT2D eigenvalue weighted by molar-refractivity contribution is 7.92. The Bertz CT molecular complexity index is 1540. The quantitative estimate of drug-likeness (QED) is 0.359. The van der Waals surface area contributed by atoms with Gasteiger partial charge in [-0.05, 0) is 62.2 Å². The third-order valence-corrected chi connectivity index (χ3v) is 7.84. The second-order valence-corrected chi connectivity index (χ2v) is 10.3. The molecule has 7 nitrogen and oxygen atoms in total. The van der Waals surface area contributed by atoms with Crippen molar-refractivity contribution in [1.29, 1.82) is 0 Å². The lowest BCUT2D eigenvalue weighted by Gasteiger charge is -2.25. The van der Waals surface area contributed by atoms with Gasteiger partial charge in [-0.25, -0.2) is 13.2 Å². The molecule has 3 aromatic carbocycles. The second kappa shape index (κ2) is 9.38. The first kappa shape index (κ1) is 24.2. The molecule has 8 heteroatoms. The molecule has 0 bridgehead atoms. The van der Waals surface area contributed by atoms with Crippen molar-refractivity contribution in [3.05, 3.63) is 95.2 Å². The van der Waals surface area contributed by atoms with Crippen LogP contribution in [0.5, 0.6) is 0 Å². The Labute approximate surface area is 204 Å². The van der Waals surface area contributed by atoms with Crippen LogP contribution in [0.2, 0.25) is 0 Å². The van der Waals surface area contributed by atoms with Gasteiger partial charge in [0, 0.05) is 11.6 Å². The number of fused-ring (bicyclic) bond motifs is 1. The maximum atomic E-state index is 13.7. The van der Waals surface area contributed by atoms with Crippen LogP contribution in [0, 0.1) is 20.8 Å². The van der Waals surface area contributed by atoms with E-state index in [4.69, 9.17) is 4.74 Å². The monoisotopic (exact) mass is 490 g/mol. The van der Waals surface area contributed by atoms with Gasteiger partial charge in [-0.2, -0.15) is 0 Å². The fourth-order valence-corrected chi connectivity index (χ4v) is 5.30. The third kappa shape index (κ3) is 4.57. The minimum absolute atomic E-state index is 0.0849. The summed E-state index contributed by atoms with van der Waals surface area (Å²) in [5, 5.41) is 0.548. The van der Waals surface area contributed by atoms with E-state index in [9.17, 15) is 18.0 Å². The lowest BCUT2D eigenvalue weighted by Crippen LogP contribution is -2.37. The van der Waals surface area contributed by atoms with Crippen LogP contribution >= 0.6 is 0 Å². The number of methoxy groups -OCH3 is 1. The molecule has 0 aliphatic rings. The number of aromatic nitrogens is 1. The fourth-order valence-electron chi connectivity index (χ4n) is 3.89. The van der Waals surface area contributed by atoms with Gasteiger partial charge in [0.1, 0.15) is 6.54 Å². The van der Waals surface area contributed by atoms with Crippen LogP contribution in [0.25, 0.3) is 10.9 Å². The molecule has 1 heterocycles. The van der Waals surface area contributed by atoms with Crippen molar-refractivity contribution in [2.75, 3.05) is 18.0 Å². The van der Waals surface area contributed by atoms with E-state index in [0.717, 1.165) is 21.0 Å². The Morgan fingerprint density at radius 3 is 2.26 bits per heavy atom. The van der Waals surface area contributed by atoms with Gasteiger partial charge in [0.05, 0.1) is 28.8 Å². The van der Waals surface area contributed by atoms with Crippen molar-refractivity contribution >= 4 is 38.5 Å². The zero-order valence-corrected chi connectivity index (χ0v) is 20.8. The highest BCUT2D eigenvalue weighted by atomic mass is 32.2. The number of carbonyl (C=O) groups is 2. The summed E-state index contributed by atoms with van der Waals surface area (Å²) in [5.41, 5.74) is 3.94. The van der Waals surface area contributed by atoms with Gasteiger partial charge in [-0.3, -0.25) is 13.7 Å². The predicted molar refractivity (Wildman–Crippen MR) is 136 cm³/mol. The molecule has 0 N–H and O–H groups in total. The summed E-state index contributed by atoms with van der Waals surface area (Å²) in [7, 11) is -2.79. The number of benzene rings is 3. The first-order valence-electron chi connectivity index (χ1n) is 11.0. The fraction of sp³-hybridized carbons (Fsp3) is 0.185. The third-order valence-electron chi connectivity index (χ3n) is 6.05. The summed E-state index contributed by atoms with van der Waals surface area (Å²) < 4.78 is 34.7. The van der Waals surface area contributed by atoms with Gasteiger partial charge in [0.25, 0.3) is 15.9 Å². The normalized spacial score (nSPS) is 11.4. The zero-order chi connectivity index (χ0) is 25.3. The largest absolute Gasteiger partial charge is 0.465 e. The van der Waals surface area contributed by atoms with Crippen molar-refractivity contribution < 1.29 is 22.7 Å². The topological polar surface area (TPSA) is 85.7 Å². The summed E-state index contributed by atoms with van der Waals surface area (Å²) in [4.78, 5) is 25.9. The molecule has 0 amide bonds. The van der Waals surface area contributed by atoms with Crippen LogP contribution in [-0.4, -0.2) is 38.5 Å². The predicted octanol–water partition coefficient (Wildman–Crippen LogP) is 4.89. The number of rotatable bonds is 6. The molecule has 0 saturated heterocycles. The molecule has 4 rings (SSSR count). The van der Waals surface area contributed by atoms with E-state index in [1.54, 1.807) is 48.5 Å². The maximum Gasteiger partial charge on any atom is 0.340 e. The molecule has 0 saturated carbocycles. The Morgan fingerprint density at radius 2 is 1.60 bits per heavy atom. The number of nitrogens with zero attached hydrogens (tertiary/aromatic N) is 2. The lowest BCUT2D eigenvalue weighted by atomic mass is 10.1. The molecule has 0 aliphatic heterocycles. The molecule has 0 atom stereocenters. The highest BCUT2D eigenvalue weighted by Crippen LogP contribution is 2.27. The van der Waals surface area contributed by atoms with Crippen LogP contribution in [0.4, 0.5) is 5.69 Å². The average Bonchev–Trinajstić information content (AvgIpc) is 3.24. The maximum absolute atomic E-state index is 13.7. The number of carbonyl (C=O) groups excluding carboxylic acids is 2. The van der Waals surface area contributed by atoms with E-state index in [-0.39, 0.29) is 10.5 Å². The first-order valence-corrected chi connectivity index (χ1v) is 12.5. The molecule has 0 aliphatic carbocycles. The van der Waals surface area contributed by atoms with Gasteiger partial charge in [-0.15, -0.1) is 0 Å². The van der Waals surface area contributed by atoms with Crippen LogP contribution in [0.1, 0.15) is 31.8 Å². The van der Waals surface area contributed by atoms with Gasteiger partial charge in [0.2, 0.25) is 0 Å². The van der Waals surface area contributed by atoms with E-state index in [2.05, 4.69) is 0 Å². The summed E-state index contributed by atoms with van der Waals surface area (Å²) in [5.74, 6) is -1.09. The van der Waals surface area contributed by atoms with Crippen molar-refractivity contribution in [3.63, 3.8) is 0 Å². The number of anilines is 1. The highest BCUT2D eigenvalue weighted by Gasteiger charge is 2.29. The summed E-state index contributed by atoms with van der Waals surface area (Å²) in [6.07, 6.45) is 1.40. The van der Waals surface area contributed by atoms with Crippen LogP contribution in [-0.2, 0) is 14.8 Å². The minimum Gasteiger partial charge on any atom is -0.465 e. The van der Waals surface area contributed by atoms with E-state index < -0.39 is 28.4 Å². The van der Waals surface area contributed by atoms with Crippen LogP contribution in [0.15, 0.2) is 77.8 Å². The molecule has 0 spiro atoms. The first-order chi connectivity index (χ1) is 16.6. The van der Waals surface area contributed by atoms with Crippen molar-refractivity contribution in [3.8, 4) is 0 Å². The summed E-state index contributed by atoms with van der Waals surface area (Å²) in [6.45, 7) is 5.23. The van der Waals surface area contributed by atoms with E-state index >= 15 is 0 Å². The molecular weight excluding hydrogens is 464 g/mol. The average molecular weight is 491 g/mol. The SMILES string of the molecule is COC(=O)c1cn(C(=O)CN(c2ccc(C)c(C)c2)S(=O)(=O)c2ccc(C)cc2)c2ccccc12. The van der Waals surface area contributed by atoms with Gasteiger partial charge in [-0.1, -0.05) is 42.0 Å². The zero-order valence-electron chi connectivity index (χ0n) is 20.0. The molecule has 0 unspecified atom stereocenters. The Hall–Kier alpha value is -3.91. The Morgan fingerprint density at radius 1 is 0.914 bits per heavy atom. The molecule has 0 radical (unpaired) electrons. The molecular formula is C27H26N2O5S. The van der Waals surface area contributed by atoms with Crippen LogP contribution < -0.4 is 4.31 Å². The lowest BCUT2D eigenvalue weighted by molar-refractivity contribution is 0.0603. The van der Waals surface area contributed by atoms with E-state index in [0.29, 0.717) is 16.6 Å². The Kier molecular flexibility index (Phi) is 6.49. The van der Waals surface area contributed by atoms with E-state index in [1.807, 2.05) is 26.8 Å². The van der Waals surface area contributed by atoms with Crippen molar-refractivity contribution in [2.24, 2.45) is 0 Å². The van der Waals surface area contributed by atoms with Crippen LogP contribution in [0.3, 0.4) is 0 Å². The van der Waals surface area contributed by atoms with E-state index in [1.165, 1.54) is 30.0 Å². The summed E-state index contributed by atoms with van der Waals surface area (Å²) >= 11 is 0. The molecule has 0 fully saturated rings. The number of aryl methyl sites for hydroxylation is 3. The van der Waals surface area contributed by atoms with Gasteiger partial charge >= 0.3 is 5.97 Å². The molecule has 180 valence electrons. The number of hydrogen-bond acceptors (Lipinski definition) is 5. The van der Waals surface area contributed by atoms with Crippen molar-refractivity contribution in [1.82, 2.24) is 4.57 Å². The number of ether oxygens (including phenoxy) is 1. The molecule has 4 aromatic rings. The summed E-state index contributed by atoms with van der Waals surface area (Å²) in [6, 6.07) is 18.7. The minimum atomic E-state index is -4.06.